The number of methoxy groups -OCH3 is 1. The molecule has 1 aromatic heterocycles. The second-order valence-corrected chi connectivity index (χ2v) is 5.53. The van der Waals surface area contributed by atoms with E-state index in [9.17, 15) is 9.59 Å². The molecule has 118 valence electrons. The van der Waals surface area contributed by atoms with Gasteiger partial charge in [-0.2, -0.15) is 0 Å². The summed E-state index contributed by atoms with van der Waals surface area (Å²) in [5.74, 6) is 0.253. The lowest BCUT2D eigenvalue weighted by Gasteiger charge is -2.37. The van der Waals surface area contributed by atoms with Crippen LogP contribution in [0.5, 0.6) is 5.88 Å². The molecular weight excluding hydrogens is 284 g/mol. The number of hydrogen-bond donors (Lipinski definition) is 1. The number of carbonyl (C=O) groups excluding carboxylic acids is 2. The molecular formula is C15H20N4O3. The highest BCUT2D eigenvalue weighted by molar-refractivity contribution is 5.96. The number of likely N-dealkylation sites (tertiary alicyclic amines) is 1. The van der Waals surface area contributed by atoms with Crippen molar-refractivity contribution in [1.82, 2.24) is 20.1 Å². The van der Waals surface area contributed by atoms with Crippen molar-refractivity contribution in [2.75, 3.05) is 33.3 Å². The number of amides is 3. The molecule has 2 aliphatic heterocycles. The molecule has 0 unspecified atom stereocenters. The van der Waals surface area contributed by atoms with Gasteiger partial charge in [0, 0.05) is 32.4 Å². The molecule has 3 heterocycles. The predicted octanol–water partition coefficient (Wildman–Crippen LogP) is 0.720. The summed E-state index contributed by atoms with van der Waals surface area (Å²) >= 11 is 0. The first-order chi connectivity index (χ1) is 10.7. The largest absolute Gasteiger partial charge is 0.480 e. The first-order valence-corrected chi connectivity index (χ1v) is 7.53. The smallest absolute Gasteiger partial charge is 0.317 e. The van der Waals surface area contributed by atoms with E-state index in [2.05, 4.69) is 10.3 Å². The Hall–Kier alpha value is -2.31. The molecule has 3 rings (SSSR count). The number of aromatic nitrogens is 1. The third-order valence-corrected chi connectivity index (χ3v) is 4.21. The summed E-state index contributed by atoms with van der Waals surface area (Å²) in [5.41, 5.74) is 0.469. The Kier molecular flexibility index (Phi) is 4.13. The van der Waals surface area contributed by atoms with E-state index in [1.807, 2.05) is 4.90 Å². The lowest BCUT2D eigenvalue weighted by atomic mass is 10.0. The molecule has 7 nitrogen and oxygen atoms in total. The van der Waals surface area contributed by atoms with Crippen LogP contribution in [0.4, 0.5) is 4.79 Å². The maximum Gasteiger partial charge on any atom is 0.317 e. The minimum atomic E-state index is -0.0887. The zero-order valence-corrected chi connectivity index (χ0v) is 12.6. The summed E-state index contributed by atoms with van der Waals surface area (Å²) in [7, 11) is 1.51. The number of nitrogens with zero attached hydrogens (tertiary/aromatic N) is 3. The number of nitrogens with one attached hydrogen (secondary N) is 1. The molecule has 0 radical (unpaired) electrons. The van der Waals surface area contributed by atoms with Gasteiger partial charge in [0.05, 0.1) is 13.2 Å². The standard InChI is InChI=1S/C15H20N4O3/c1-22-13-12(5-2-6-16-13)14(20)18-8-3-4-11(10-18)19-9-7-17-15(19)21/h2,5-6,11H,3-4,7-10H2,1H3,(H,17,21)/t11-/m0/s1. The van der Waals surface area contributed by atoms with Gasteiger partial charge in [-0.25, -0.2) is 9.78 Å². The SMILES string of the molecule is COc1ncccc1C(=O)N1CCC[C@H](N2CCNC2=O)C1. The van der Waals surface area contributed by atoms with Crippen molar-refractivity contribution in [2.45, 2.75) is 18.9 Å². The van der Waals surface area contributed by atoms with Gasteiger partial charge in [-0.15, -0.1) is 0 Å². The maximum absolute atomic E-state index is 12.7. The molecule has 2 saturated heterocycles. The van der Waals surface area contributed by atoms with Crippen LogP contribution in [0.25, 0.3) is 0 Å². The molecule has 7 heteroatoms. The number of ether oxygens (including phenoxy) is 1. The molecule has 0 aliphatic carbocycles. The van der Waals surface area contributed by atoms with Crippen molar-refractivity contribution in [3.05, 3.63) is 23.9 Å². The Bertz CT molecular complexity index is 578. The Morgan fingerprint density at radius 2 is 2.32 bits per heavy atom. The summed E-state index contributed by atoms with van der Waals surface area (Å²) in [5, 5.41) is 2.81. The van der Waals surface area contributed by atoms with E-state index in [-0.39, 0.29) is 18.0 Å². The van der Waals surface area contributed by atoms with Gasteiger partial charge in [0.1, 0.15) is 5.56 Å². The molecule has 2 aliphatic rings. The minimum absolute atomic E-state index is 0.0294. The zero-order valence-electron chi connectivity index (χ0n) is 12.6. The summed E-state index contributed by atoms with van der Waals surface area (Å²) in [6, 6.07) is 3.51. The van der Waals surface area contributed by atoms with Crippen LogP contribution in [-0.4, -0.2) is 66.1 Å². The van der Waals surface area contributed by atoms with Gasteiger partial charge in [0.25, 0.3) is 5.91 Å². The van der Waals surface area contributed by atoms with Crippen LogP contribution in [0.15, 0.2) is 18.3 Å². The number of pyridine rings is 1. The Labute approximate surface area is 129 Å². The molecule has 22 heavy (non-hydrogen) atoms. The monoisotopic (exact) mass is 304 g/mol. The van der Waals surface area contributed by atoms with Crippen molar-refractivity contribution >= 4 is 11.9 Å². The van der Waals surface area contributed by atoms with Gasteiger partial charge in [-0.05, 0) is 25.0 Å². The van der Waals surface area contributed by atoms with E-state index in [4.69, 9.17) is 4.74 Å². The minimum Gasteiger partial charge on any atom is -0.480 e. The Balaban J connectivity index is 1.74. The number of rotatable bonds is 3. The number of hydrogen-bond acceptors (Lipinski definition) is 4. The highest BCUT2D eigenvalue weighted by Crippen LogP contribution is 2.22. The highest BCUT2D eigenvalue weighted by atomic mass is 16.5. The van der Waals surface area contributed by atoms with Gasteiger partial charge < -0.3 is 19.9 Å². The van der Waals surface area contributed by atoms with Crippen molar-refractivity contribution in [3.8, 4) is 5.88 Å². The Morgan fingerprint density at radius 3 is 3.05 bits per heavy atom. The summed E-state index contributed by atoms with van der Waals surface area (Å²) in [4.78, 5) is 32.2. The zero-order chi connectivity index (χ0) is 15.5. The van der Waals surface area contributed by atoms with E-state index in [1.54, 1.807) is 23.2 Å². The fourth-order valence-corrected chi connectivity index (χ4v) is 3.11. The first-order valence-electron chi connectivity index (χ1n) is 7.53. The summed E-state index contributed by atoms with van der Waals surface area (Å²) < 4.78 is 5.17. The quantitative estimate of drug-likeness (QED) is 0.893. The molecule has 0 aromatic carbocycles. The van der Waals surface area contributed by atoms with Gasteiger partial charge >= 0.3 is 6.03 Å². The van der Waals surface area contributed by atoms with Crippen LogP contribution >= 0.6 is 0 Å². The fourth-order valence-electron chi connectivity index (χ4n) is 3.11. The van der Waals surface area contributed by atoms with Crippen LogP contribution in [0, 0.1) is 0 Å². The van der Waals surface area contributed by atoms with E-state index in [1.165, 1.54) is 7.11 Å². The van der Waals surface area contributed by atoms with E-state index in [0.29, 0.717) is 37.6 Å². The second-order valence-electron chi connectivity index (χ2n) is 5.53. The maximum atomic E-state index is 12.7. The van der Waals surface area contributed by atoms with Gasteiger partial charge in [0.15, 0.2) is 0 Å². The third kappa shape index (κ3) is 2.70. The van der Waals surface area contributed by atoms with Crippen molar-refractivity contribution in [3.63, 3.8) is 0 Å². The number of piperidine rings is 1. The molecule has 3 amide bonds. The van der Waals surface area contributed by atoms with Crippen molar-refractivity contribution in [2.24, 2.45) is 0 Å². The first kappa shape index (κ1) is 14.6. The van der Waals surface area contributed by atoms with Crippen LogP contribution < -0.4 is 10.1 Å². The molecule has 1 atom stereocenters. The van der Waals surface area contributed by atoms with Crippen LogP contribution in [0.2, 0.25) is 0 Å². The average Bonchev–Trinajstić information content (AvgIpc) is 3.00. The van der Waals surface area contributed by atoms with E-state index < -0.39 is 0 Å². The van der Waals surface area contributed by atoms with Gasteiger partial charge in [-0.1, -0.05) is 0 Å². The molecule has 1 aromatic rings. The number of urea groups is 1. The van der Waals surface area contributed by atoms with Gasteiger partial charge in [-0.3, -0.25) is 4.79 Å². The summed E-state index contributed by atoms with van der Waals surface area (Å²) in [6.07, 6.45) is 3.42. The van der Waals surface area contributed by atoms with Crippen molar-refractivity contribution in [1.29, 1.82) is 0 Å². The van der Waals surface area contributed by atoms with Crippen molar-refractivity contribution < 1.29 is 14.3 Å². The molecule has 1 N–H and O–H groups in total. The van der Waals surface area contributed by atoms with Gasteiger partial charge in [0.2, 0.25) is 5.88 Å². The van der Waals surface area contributed by atoms with Crippen LogP contribution in [0.3, 0.4) is 0 Å². The van der Waals surface area contributed by atoms with Crippen LogP contribution in [0.1, 0.15) is 23.2 Å². The molecule has 0 spiro atoms. The summed E-state index contributed by atoms with van der Waals surface area (Å²) in [6.45, 7) is 2.65. The fraction of sp³-hybridized carbons (Fsp3) is 0.533. The third-order valence-electron chi connectivity index (χ3n) is 4.21. The normalized spacial score (nSPS) is 21.7. The lowest BCUT2D eigenvalue weighted by Crippen LogP contribution is -2.50. The Morgan fingerprint density at radius 1 is 1.45 bits per heavy atom. The topological polar surface area (TPSA) is 74.8 Å². The second kappa shape index (κ2) is 6.21. The highest BCUT2D eigenvalue weighted by Gasteiger charge is 2.33. The van der Waals surface area contributed by atoms with E-state index in [0.717, 1.165) is 12.8 Å². The molecule has 0 saturated carbocycles. The molecule has 0 bridgehead atoms. The molecule has 2 fully saturated rings. The van der Waals surface area contributed by atoms with Crippen LogP contribution in [-0.2, 0) is 0 Å². The predicted molar refractivity (Wildman–Crippen MR) is 79.8 cm³/mol. The van der Waals surface area contributed by atoms with E-state index >= 15 is 0 Å². The number of carbonyl (C=O) groups is 2. The average molecular weight is 304 g/mol. The lowest BCUT2D eigenvalue weighted by molar-refractivity contribution is 0.0630.